The number of rotatable bonds is 2. The highest BCUT2D eigenvalue weighted by Gasteiger charge is 2.09. The van der Waals surface area contributed by atoms with Crippen LogP contribution in [0.25, 0.3) is 0 Å². The zero-order chi connectivity index (χ0) is 8.97. The van der Waals surface area contributed by atoms with E-state index in [2.05, 4.69) is 5.16 Å². The van der Waals surface area contributed by atoms with Crippen molar-refractivity contribution in [2.75, 3.05) is 0 Å². The molecule has 0 saturated heterocycles. The van der Waals surface area contributed by atoms with E-state index in [0.717, 1.165) is 5.56 Å². The van der Waals surface area contributed by atoms with Gasteiger partial charge in [0.15, 0.2) is 5.17 Å². The van der Waals surface area contributed by atoms with E-state index in [-0.39, 0.29) is 11.1 Å². The van der Waals surface area contributed by atoms with Gasteiger partial charge in [-0.15, -0.1) is 0 Å². The fourth-order valence-corrected chi connectivity index (χ4v) is 1.09. The van der Waals surface area contributed by atoms with Crippen LogP contribution >= 0.6 is 11.6 Å². The summed E-state index contributed by atoms with van der Waals surface area (Å²) in [5.74, 6) is -0.0436. The van der Waals surface area contributed by atoms with Crippen LogP contribution in [0.4, 0.5) is 0 Å². The monoisotopic (exact) mass is 183 g/mol. The molecule has 1 unspecified atom stereocenters. The summed E-state index contributed by atoms with van der Waals surface area (Å²) in [6, 6.07) is 9.66. The number of benzene rings is 1. The molecule has 0 fully saturated rings. The molecule has 1 aromatic rings. The zero-order valence-electron chi connectivity index (χ0n) is 6.74. The van der Waals surface area contributed by atoms with Crippen molar-refractivity contribution in [3.05, 3.63) is 35.9 Å². The van der Waals surface area contributed by atoms with E-state index in [9.17, 15) is 0 Å². The lowest BCUT2D eigenvalue weighted by Gasteiger charge is -2.07. The second-order valence-corrected chi connectivity index (χ2v) is 2.94. The van der Waals surface area contributed by atoms with E-state index < -0.39 is 0 Å². The van der Waals surface area contributed by atoms with E-state index in [1.807, 2.05) is 37.3 Å². The molecule has 0 radical (unpaired) electrons. The summed E-state index contributed by atoms with van der Waals surface area (Å²) in [6.45, 7) is 1.89. The summed E-state index contributed by atoms with van der Waals surface area (Å²) < 4.78 is 0. The molecule has 1 aromatic carbocycles. The zero-order valence-corrected chi connectivity index (χ0v) is 7.49. The topological polar surface area (TPSA) is 32.6 Å². The summed E-state index contributed by atoms with van der Waals surface area (Å²) in [5, 5.41) is 11.6. The minimum atomic E-state index is -0.0436. The summed E-state index contributed by atoms with van der Waals surface area (Å²) in [6.07, 6.45) is 0. The lowest BCUT2D eigenvalue weighted by molar-refractivity contribution is 0.318. The van der Waals surface area contributed by atoms with Gasteiger partial charge in [0.25, 0.3) is 0 Å². The van der Waals surface area contributed by atoms with Gasteiger partial charge in [-0.1, -0.05) is 54.0 Å². The molecule has 0 bridgehead atoms. The third-order valence-electron chi connectivity index (χ3n) is 1.75. The van der Waals surface area contributed by atoms with E-state index in [1.54, 1.807) is 0 Å². The van der Waals surface area contributed by atoms with Crippen molar-refractivity contribution in [3.63, 3.8) is 0 Å². The van der Waals surface area contributed by atoms with Gasteiger partial charge < -0.3 is 5.21 Å². The standard InChI is InChI=1S/C9H10ClNO/c1-7(9(10)11-12)8-5-3-2-4-6-8/h2-7,12H,1H3. The average Bonchev–Trinajstić information content (AvgIpc) is 2.17. The number of oxime groups is 1. The third-order valence-corrected chi connectivity index (χ3v) is 2.16. The highest BCUT2D eigenvalue weighted by molar-refractivity contribution is 6.66. The predicted octanol–water partition coefficient (Wildman–Crippen LogP) is 2.82. The van der Waals surface area contributed by atoms with Crippen LogP contribution in [0.3, 0.4) is 0 Å². The highest BCUT2D eigenvalue weighted by Crippen LogP contribution is 2.17. The molecule has 0 aromatic heterocycles. The highest BCUT2D eigenvalue weighted by atomic mass is 35.5. The lowest BCUT2D eigenvalue weighted by Crippen LogP contribution is -2.01. The summed E-state index contributed by atoms with van der Waals surface area (Å²) in [5.41, 5.74) is 1.04. The van der Waals surface area contributed by atoms with Crippen LogP contribution in [0.5, 0.6) is 0 Å². The van der Waals surface area contributed by atoms with Crippen LogP contribution in [-0.4, -0.2) is 10.4 Å². The van der Waals surface area contributed by atoms with Crippen LogP contribution in [0.1, 0.15) is 18.4 Å². The Labute approximate surface area is 76.5 Å². The van der Waals surface area contributed by atoms with Crippen LogP contribution in [0, 0.1) is 0 Å². The summed E-state index contributed by atoms with van der Waals surface area (Å²) in [7, 11) is 0. The Balaban J connectivity index is 2.86. The summed E-state index contributed by atoms with van der Waals surface area (Å²) in [4.78, 5) is 0. The largest absolute Gasteiger partial charge is 0.410 e. The first-order valence-corrected chi connectivity index (χ1v) is 4.06. The molecule has 0 aliphatic carbocycles. The maximum absolute atomic E-state index is 8.42. The molecule has 64 valence electrons. The van der Waals surface area contributed by atoms with Crippen molar-refractivity contribution in [2.45, 2.75) is 12.8 Å². The fraction of sp³-hybridized carbons (Fsp3) is 0.222. The summed E-state index contributed by atoms with van der Waals surface area (Å²) >= 11 is 5.65. The molecule has 0 aliphatic rings. The second-order valence-electron chi connectivity index (χ2n) is 2.56. The molecule has 1 atom stereocenters. The smallest absolute Gasteiger partial charge is 0.152 e. The molecular weight excluding hydrogens is 174 g/mol. The van der Waals surface area contributed by atoms with Gasteiger partial charge in [-0.05, 0) is 5.56 Å². The van der Waals surface area contributed by atoms with Gasteiger partial charge in [-0.25, -0.2) is 0 Å². The van der Waals surface area contributed by atoms with E-state index in [0.29, 0.717) is 0 Å². The molecule has 12 heavy (non-hydrogen) atoms. The van der Waals surface area contributed by atoms with Gasteiger partial charge in [-0.3, -0.25) is 0 Å². The van der Waals surface area contributed by atoms with Crippen LogP contribution in [-0.2, 0) is 0 Å². The molecule has 0 aliphatic heterocycles. The number of nitrogens with zero attached hydrogens (tertiary/aromatic N) is 1. The van der Waals surface area contributed by atoms with Crippen molar-refractivity contribution in [3.8, 4) is 0 Å². The van der Waals surface area contributed by atoms with Gasteiger partial charge >= 0.3 is 0 Å². The normalized spacial score (nSPS) is 14.3. The van der Waals surface area contributed by atoms with E-state index >= 15 is 0 Å². The minimum absolute atomic E-state index is 0.0436. The first-order chi connectivity index (χ1) is 5.75. The molecule has 1 N–H and O–H groups in total. The number of halogens is 1. The first-order valence-electron chi connectivity index (χ1n) is 3.68. The Morgan fingerprint density at radius 2 is 2.00 bits per heavy atom. The van der Waals surface area contributed by atoms with Gasteiger partial charge in [-0.2, -0.15) is 0 Å². The molecule has 0 amide bonds. The number of hydrogen-bond acceptors (Lipinski definition) is 2. The van der Waals surface area contributed by atoms with Crippen molar-refractivity contribution in [1.82, 2.24) is 0 Å². The van der Waals surface area contributed by atoms with Gasteiger partial charge in [0.2, 0.25) is 0 Å². The lowest BCUT2D eigenvalue weighted by atomic mass is 10.0. The fourth-order valence-electron chi connectivity index (χ4n) is 0.966. The molecule has 0 heterocycles. The second kappa shape index (κ2) is 4.12. The van der Waals surface area contributed by atoms with Crippen molar-refractivity contribution in [1.29, 1.82) is 0 Å². The first kappa shape index (κ1) is 9.07. The van der Waals surface area contributed by atoms with Crippen LogP contribution in [0.15, 0.2) is 35.5 Å². The minimum Gasteiger partial charge on any atom is -0.410 e. The predicted molar refractivity (Wildman–Crippen MR) is 49.9 cm³/mol. The van der Waals surface area contributed by atoms with Crippen LogP contribution < -0.4 is 0 Å². The molecule has 3 heteroatoms. The van der Waals surface area contributed by atoms with Crippen LogP contribution in [0.2, 0.25) is 0 Å². The molecular formula is C9H10ClNO. The molecule has 2 nitrogen and oxygen atoms in total. The van der Waals surface area contributed by atoms with E-state index in [1.165, 1.54) is 0 Å². The van der Waals surface area contributed by atoms with Gasteiger partial charge in [0.1, 0.15) is 0 Å². The Bertz CT molecular complexity index is 271. The van der Waals surface area contributed by atoms with Crippen molar-refractivity contribution < 1.29 is 5.21 Å². The Hall–Kier alpha value is -1.02. The molecule has 0 saturated carbocycles. The van der Waals surface area contributed by atoms with Crippen molar-refractivity contribution >= 4 is 16.8 Å². The van der Waals surface area contributed by atoms with Gasteiger partial charge in [0, 0.05) is 5.92 Å². The molecule has 1 rings (SSSR count). The Morgan fingerprint density at radius 3 is 2.50 bits per heavy atom. The average molecular weight is 184 g/mol. The number of hydrogen-bond donors (Lipinski definition) is 1. The Morgan fingerprint density at radius 1 is 1.42 bits per heavy atom. The quantitative estimate of drug-likeness (QED) is 0.427. The van der Waals surface area contributed by atoms with Crippen molar-refractivity contribution in [2.24, 2.45) is 5.16 Å². The maximum atomic E-state index is 8.42. The van der Waals surface area contributed by atoms with Gasteiger partial charge in [0.05, 0.1) is 0 Å². The molecule has 0 spiro atoms. The third kappa shape index (κ3) is 1.98. The Kier molecular flexibility index (Phi) is 3.11. The SMILES string of the molecule is CC(C(Cl)=NO)c1ccccc1. The maximum Gasteiger partial charge on any atom is 0.152 e. The van der Waals surface area contributed by atoms with E-state index in [4.69, 9.17) is 16.8 Å².